The zero-order valence-electron chi connectivity index (χ0n) is 18.3. The maximum absolute atomic E-state index is 5.66. The minimum absolute atomic E-state index is 0.130. The highest BCUT2D eigenvalue weighted by Crippen LogP contribution is 2.28. The van der Waals surface area contributed by atoms with Gasteiger partial charge in [-0.15, -0.1) is 0 Å². The maximum atomic E-state index is 5.66. The minimum atomic E-state index is -0.150. The van der Waals surface area contributed by atoms with Crippen molar-refractivity contribution < 1.29 is 18.9 Å². The van der Waals surface area contributed by atoms with Gasteiger partial charge in [-0.2, -0.15) is 0 Å². The van der Waals surface area contributed by atoms with Crippen molar-refractivity contribution in [3.8, 4) is 0 Å². The van der Waals surface area contributed by atoms with Crippen molar-refractivity contribution >= 4 is 39.3 Å². The van der Waals surface area contributed by atoms with Crippen molar-refractivity contribution in [3.63, 3.8) is 0 Å². The summed E-state index contributed by atoms with van der Waals surface area (Å²) in [5, 5.41) is 0. The molecule has 7 nitrogen and oxygen atoms in total. The standard InChI is InChI=1S/C20H35N3O4S2/c1-7-18(25-9-3)22-16(15(6)24-8-2)13-28-29-14-17-20(27-11-5)21-12-19(23-17)26-10-4/h16-17H,6-14H2,1-5H3/t16-,17+/m1/s1. The van der Waals surface area contributed by atoms with E-state index in [0.717, 1.165) is 23.8 Å². The molecule has 0 aliphatic carbocycles. The van der Waals surface area contributed by atoms with E-state index in [1.807, 2.05) is 34.6 Å². The van der Waals surface area contributed by atoms with Crippen molar-refractivity contribution in [1.82, 2.24) is 0 Å². The van der Waals surface area contributed by atoms with E-state index >= 15 is 0 Å². The van der Waals surface area contributed by atoms with Gasteiger partial charge in [0.2, 0.25) is 11.8 Å². The summed E-state index contributed by atoms with van der Waals surface area (Å²) < 4.78 is 22.4. The summed E-state index contributed by atoms with van der Waals surface area (Å²) in [5.41, 5.74) is 0. The lowest BCUT2D eigenvalue weighted by Gasteiger charge is -2.21. The highest BCUT2D eigenvalue weighted by atomic mass is 33.1. The molecule has 0 radical (unpaired) electrons. The molecule has 0 amide bonds. The first-order valence-electron chi connectivity index (χ1n) is 10.2. The Labute approximate surface area is 183 Å². The molecular weight excluding hydrogens is 410 g/mol. The minimum Gasteiger partial charge on any atom is -0.497 e. The van der Waals surface area contributed by atoms with E-state index in [4.69, 9.17) is 23.9 Å². The summed E-state index contributed by atoms with van der Waals surface area (Å²) in [6.45, 7) is 16.7. The number of hydrogen-bond donors (Lipinski definition) is 0. The summed E-state index contributed by atoms with van der Waals surface area (Å²) in [4.78, 5) is 13.8. The molecule has 0 spiro atoms. The van der Waals surface area contributed by atoms with Gasteiger partial charge in [-0.3, -0.25) is 0 Å². The monoisotopic (exact) mass is 445 g/mol. The van der Waals surface area contributed by atoms with Crippen LogP contribution in [0.1, 0.15) is 41.0 Å². The second kappa shape index (κ2) is 15.5. The quantitative estimate of drug-likeness (QED) is 0.138. The topological polar surface area (TPSA) is 74.0 Å². The average molecular weight is 446 g/mol. The van der Waals surface area contributed by atoms with Crippen molar-refractivity contribution in [2.24, 2.45) is 15.0 Å². The smallest absolute Gasteiger partial charge is 0.210 e. The molecule has 166 valence electrons. The van der Waals surface area contributed by atoms with Crippen LogP contribution in [0.3, 0.4) is 0 Å². The zero-order chi connectivity index (χ0) is 21.5. The Hall–Kier alpha value is -1.35. The highest BCUT2D eigenvalue weighted by Gasteiger charge is 2.23. The molecule has 0 N–H and O–H groups in total. The second-order valence-electron chi connectivity index (χ2n) is 5.85. The van der Waals surface area contributed by atoms with Crippen molar-refractivity contribution in [2.75, 3.05) is 44.5 Å². The summed E-state index contributed by atoms with van der Waals surface area (Å²) >= 11 is 0. The summed E-state index contributed by atoms with van der Waals surface area (Å²) in [5.74, 6) is 4.22. The molecule has 0 saturated carbocycles. The Morgan fingerprint density at radius 1 is 1.07 bits per heavy atom. The van der Waals surface area contributed by atoms with Gasteiger partial charge in [0.15, 0.2) is 5.90 Å². The van der Waals surface area contributed by atoms with Crippen molar-refractivity contribution in [1.29, 1.82) is 0 Å². The number of nitrogens with zero attached hydrogens (tertiary/aromatic N) is 3. The summed E-state index contributed by atoms with van der Waals surface area (Å²) in [7, 11) is 3.41. The highest BCUT2D eigenvalue weighted by molar-refractivity contribution is 8.76. The third-order valence-electron chi connectivity index (χ3n) is 3.71. The molecule has 0 aromatic rings. The molecule has 0 saturated heterocycles. The molecule has 29 heavy (non-hydrogen) atoms. The molecule has 1 aliphatic heterocycles. The van der Waals surface area contributed by atoms with E-state index in [1.165, 1.54) is 0 Å². The first-order valence-corrected chi connectivity index (χ1v) is 12.7. The lowest BCUT2D eigenvalue weighted by molar-refractivity contribution is 0.213. The Morgan fingerprint density at radius 3 is 2.41 bits per heavy atom. The Morgan fingerprint density at radius 2 is 1.79 bits per heavy atom. The van der Waals surface area contributed by atoms with Gasteiger partial charge in [0, 0.05) is 17.9 Å². The van der Waals surface area contributed by atoms with Crippen LogP contribution in [0.4, 0.5) is 0 Å². The fourth-order valence-electron chi connectivity index (χ4n) is 2.45. The third kappa shape index (κ3) is 9.80. The van der Waals surface area contributed by atoms with Gasteiger partial charge in [-0.1, -0.05) is 35.1 Å². The molecule has 0 bridgehead atoms. The SMILES string of the molecule is C=C(OCC)[C@@H](CSSC[C@@H]1N=C(OCC)CN=C1OCC)N=C(CC)OCC. The van der Waals surface area contributed by atoms with Crippen LogP contribution in [0, 0.1) is 0 Å². The Balaban J connectivity index is 2.66. The molecule has 1 heterocycles. The van der Waals surface area contributed by atoms with Gasteiger partial charge < -0.3 is 18.9 Å². The van der Waals surface area contributed by atoms with E-state index in [2.05, 4.69) is 16.6 Å². The van der Waals surface area contributed by atoms with Gasteiger partial charge in [0.1, 0.15) is 24.4 Å². The molecule has 1 rings (SSSR count). The van der Waals surface area contributed by atoms with Gasteiger partial charge >= 0.3 is 0 Å². The Kier molecular flexibility index (Phi) is 13.7. The fourth-order valence-corrected chi connectivity index (χ4v) is 4.73. The molecule has 9 heteroatoms. The first kappa shape index (κ1) is 25.7. The van der Waals surface area contributed by atoms with Crippen LogP contribution in [0.25, 0.3) is 0 Å². The predicted octanol–water partition coefficient (Wildman–Crippen LogP) is 4.38. The van der Waals surface area contributed by atoms with Crippen LogP contribution in [-0.4, -0.2) is 74.3 Å². The van der Waals surface area contributed by atoms with Crippen LogP contribution in [-0.2, 0) is 18.9 Å². The van der Waals surface area contributed by atoms with Gasteiger partial charge in [-0.05, 0) is 27.7 Å². The molecule has 1 aliphatic rings. The summed E-state index contributed by atoms with van der Waals surface area (Å²) in [6, 6.07) is -0.280. The van der Waals surface area contributed by atoms with Crippen molar-refractivity contribution in [2.45, 2.75) is 53.1 Å². The number of aliphatic imine (C=N–C) groups is 3. The fraction of sp³-hybridized carbons (Fsp3) is 0.750. The normalized spacial score (nSPS) is 17.8. The number of ether oxygens (including phenoxy) is 4. The molecule has 0 unspecified atom stereocenters. The van der Waals surface area contributed by atoms with Crippen LogP contribution in [0.5, 0.6) is 0 Å². The molecule has 0 fully saturated rings. The lowest BCUT2D eigenvalue weighted by atomic mass is 10.3. The first-order chi connectivity index (χ1) is 14.1. The molecule has 2 atom stereocenters. The molecule has 0 aromatic heterocycles. The van der Waals surface area contributed by atoms with E-state index in [0.29, 0.717) is 50.5 Å². The second-order valence-corrected chi connectivity index (χ2v) is 8.40. The van der Waals surface area contributed by atoms with E-state index in [9.17, 15) is 0 Å². The van der Waals surface area contributed by atoms with Crippen LogP contribution in [0.15, 0.2) is 27.3 Å². The van der Waals surface area contributed by atoms with E-state index < -0.39 is 0 Å². The predicted molar refractivity (Wildman–Crippen MR) is 126 cm³/mol. The largest absolute Gasteiger partial charge is 0.497 e. The number of rotatable bonds is 13. The van der Waals surface area contributed by atoms with Gasteiger partial charge in [0.25, 0.3) is 0 Å². The van der Waals surface area contributed by atoms with Gasteiger partial charge in [-0.25, -0.2) is 15.0 Å². The van der Waals surface area contributed by atoms with Crippen LogP contribution < -0.4 is 0 Å². The molecule has 0 aromatic carbocycles. The van der Waals surface area contributed by atoms with E-state index in [1.54, 1.807) is 21.6 Å². The zero-order valence-corrected chi connectivity index (χ0v) is 19.9. The third-order valence-corrected chi connectivity index (χ3v) is 6.09. The molecular formula is C20H35N3O4S2. The number of hydrogen-bond acceptors (Lipinski definition) is 9. The van der Waals surface area contributed by atoms with Crippen molar-refractivity contribution in [3.05, 3.63) is 12.3 Å². The van der Waals surface area contributed by atoms with Crippen LogP contribution in [0.2, 0.25) is 0 Å². The lowest BCUT2D eigenvalue weighted by Crippen LogP contribution is -2.31. The van der Waals surface area contributed by atoms with Crippen LogP contribution >= 0.6 is 21.6 Å². The summed E-state index contributed by atoms with van der Waals surface area (Å²) in [6.07, 6.45) is 0.743. The average Bonchev–Trinajstić information content (AvgIpc) is 2.71. The Bertz CT molecular complexity index is 582. The maximum Gasteiger partial charge on any atom is 0.210 e. The van der Waals surface area contributed by atoms with Gasteiger partial charge in [0.05, 0.1) is 26.4 Å². The van der Waals surface area contributed by atoms with E-state index in [-0.39, 0.29) is 12.1 Å².